The summed E-state index contributed by atoms with van der Waals surface area (Å²) in [7, 11) is 0. The van der Waals surface area contributed by atoms with Gasteiger partial charge in [-0.1, -0.05) is 48.5 Å². The van der Waals surface area contributed by atoms with Gasteiger partial charge in [0, 0.05) is 63.2 Å². The molecule has 6 rings (SSSR count). The van der Waals surface area contributed by atoms with Crippen LogP contribution in [-0.2, 0) is 11.3 Å². The third kappa shape index (κ3) is 5.97. The zero-order chi connectivity index (χ0) is 27.3. The van der Waals surface area contributed by atoms with E-state index in [1.54, 1.807) is 0 Å². The predicted molar refractivity (Wildman–Crippen MR) is 162 cm³/mol. The third-order valence-electron chi connectivity index (χ3n) is 8.91. The molecule has 3 heterocycles. The molecule has 210 valence electrons. The topological polar surface area (TPSA) is 39.3 Å². The SMILES string of the molecule is CC1CCCN1CCCOc1ccc(N2CCN(C(=O)C3CN(Cc4ccccc4)c4ccccc43)CC2)cc1. The van der Waals surface area contributed by atoms with Crippen LogP contribution in [0.15, 0.2) is 78.9 Å². The Kier molecular flexibility index (Phi) is 8.24. The molecule has 2 atom stereocenters. The first-order valence-corrected chi connectivity index (χ1v) is 15.0. The number of para-hydroxylation sites is 1. The quantitative estimate of drug-likeness (QED) is 0.342. The minimum Gasteiger partial charge on any atom is -0.494 e. The summed E-state index contributed by atoms with van der Waals surface area (Å²) in [5.41, 5.74) is 4.82. The predicted octanol–water partition coefficient (Wildman–Crippen LogP) is 5.39. The molecule has 2 saturated heterocycles. The Labute approximate surface area is 239 Å². The van der Waals surface area contributed by atoms with E-state index >= 15 is 0 Å². The molecule has 3 aliphatic heterocycles. The second-order valence-corrected chi connectivity index (χ2v) is 11.5. The fourth-order valence-electron chi connectivity index (χ4n) is 6.59. The summed E-state index contributed by atoms with van der Waals surface area (Å²) in [5, 5.41) is 0. The van der Waals surface area contributed by atoms with E-state index in [1.165, 1.54) is 36.3 Å². The van der Waals surface area contributed by atoms with Crippen molar-refractivity contribution in [1.82, 2.24) is 9.80 Å². The van der Waals surface area contributed by atoms with Gasteiger partial charge in [-0.05, 0) is 74.2 Å². The highest BCUT2D eigenvalue weighted by Crippen LogP contribution is 2.38. The van der Waals surface area contributed by atoms with E-state index < -0.39 is 0 Å². The molecule has 3 aromatic carbocycles. The van der Waals surface area contributed by atoms with Crippen molar-refractivity contribution in [2.24, 2.45) is 0 Å². The first-order valence-electron chi connectivity index (χ1n) is 15.0. The van der Waals surface area contributed by atoms with Crippen LogP contribution in [0, 0.1) is 0 Å². The Morgan fingerprint density at radius 2 is 1.62 bits per heavy atom. The van der Waals surface area contributed by atoms with E-state index in [9.17, 15) is 4.79 Å². The number of hydrogen-bond donors (Lipinski definition) is 0. The van der Waals surface area contributed by atoms with Gasteiger partial charge in [-0.3, -0.25) is 4.79 Å². The number of hydrogen-bond acceptors (Lipinski definition) is 5. The Balaban J connectivity index is 0.995. The number of piperazine rings is 1. The highest BCUT2D eigenvalue weighted by atomic mass is 16.5. The maximum atomic E-state index is 13.7. The highest BCUT2D eigenvalue weighted by molar-refractivity contribution is 5.88. The summed E-state index contributed by atoms with van der Waals surface area (Å²) in [6.07, 6.45) is 3.72. The molecule has 0 bridgehead atoms. The Morgan fingerprint density at radius 1 is 0.875 bits per heavy atom. The molecule has 0 N–H and O–H groups in total. The number of carbonyl (C=O) groups excluding carboxylic acids is 1. The first-order chi connectivity index (χ1) is 19.7. The fourth-order valence-corrected chi connectivity index (χ4v) is 6.59. The van der Waals surface area contributed by atoms with Crippen LogP contribution >= 0.6 is 0 Å². The summed E-state index contributed by atoms with van der Waals surface area (Å²) in [6, 6.07) is 28.2. The van der Waals surface area contributed by atoms with E-state index in [1.807, 2.05) is 6.07 Å². The Hall–Kier alpha value is -3.51. The molecule has 0 saturated carbocycles. The van der Waals surface area contributed by atoms with Crippen molar-refractivity contribution in [1.29, 1.82) is 0 Å². The lowest BCUT2D eigenvalue weighted by atomic mass is 9.99. The summed E-state index contributed by atoms with van der Waals surface area (Å²) < 4.78 is 6.02. The van der Waals surface area contributed by atoms with Crippen molar-refractivity contribution in [2.45, 2.75) is 44.7 Å². The van der Waals surface area contributed by atoms with Crippen molar-refractivity contribution in [2.75, 3.05) is 62.2 Å². The monoisotopic (exact) mass is 538 g/mol. The molecule has 3 aromatic rings. The number of fused-ring (bicyclic) bond motifs is 1. The van der Waals surface area contributed by atoms with Gasteiger partial charge in [-0.15, -0.1) is 0 Å². The van der Waals surface area contributed by atoms with Gasteiger partial charge in [0.2, 0.25) is 5.91 Å². The Bertz CT molecular complexity index is 1260. The lowest BCUT2D eigenvalue weighted by Gasteiger charge is -2.37. The van der Waals surface area contributed by atoms with E-state index in [0.29, 0.717) is 0 Å². The first kappa shape index (κ1) is 26.7. The van der Waals surface area contributed by atoms with Crippen LogP contribution in [0.1, 0.15) is 43.2 Å². The van der Waals surface area contributed by atoms with Gasteiger partial charge in [-0.2, -0.15) is 0 Å². The molecular weight excluding hydrogens is 496 g/mol. The number of nitrogens with zero attached hydrogens (tertiary/aromatic N) is 4. The van der Waals surface area contributed by atoms with Crippen molar-refractivity contribution in [3.05, 3.63) is 90.0 Å². The number of rotatable bonds is 9. The fraction of sp³-hybridized carbons (Fsp3) is 0.441. The molecule has 3 aliphatic rings. The summed E-state index contributed by atoms with van der Waals surface area (Å²) in [5.74, 6) is 1.10. The smallest absolute Gasteiger partial charge is 0.232 e. The van der Waals surface area contributed by atoms with Gasteiger partial charge in [0.1, 0.15) is 5.75 Å². The van der Waals surface area contributed by atoms with E-state index in [4.69, 9.17) is 4.74 Å². The molecule has 2 unspecified atom stereocenters. The number of ether oxygens (including phenoxy) is 1. The molecule has 1 amide bonds. The minimum absolute atomic E-state index is 0.100. The number of carbonyl (C=O) groups is 1. The van der Waals surface area contributed by atoms with Crippen LogP contribution in [-0.4, -0.2) is 74.2 Å². The van der Waals surface area contributed by atoms with Crippen molar-refractivity contribution in [3.8, 4) is 5.75 Å². The lowest BCUT2D eigenvalue weighted by molar-refractivity contribution is -0.132. The molecule has 0 spiro atoms. The third-order valence-corrected chi connectivity index (χ3v) is 8.91. The van der Waals surface area contributed by atoms with Crippen molar-refractivity contribution < 1.29 is 9.53 Å². The number of likely N-dealkylation sites (tertiary alicyclic amines) is 1. The average molecular weight is 539 g/mol. The Morgan fingerprint density at radius 3 is 2.38 bits per heavy atom. The second-order valence-electron chi connectivity index (χ2n) is 11.5. The molecule has 0 aliphatic carbocycles. The van der Waals surface area contributed by atoms with Crippen LogP contribution in [0.25, 0.3) is 0 Å². The van der Waals surface area contributed by atoms with Crippen LogP contribution in [0.3, 0.4) is 0 Å². The summed E-state index contributed by atoms with van der Waals surface area (Å²) in [4.78, 5) is 23.1. The van der Waals surface area contributed by atoms with Crippen molar-refractivity contribution >= 4 is 17.3 Å². The van der Waals surface area contributed by atoms with Gasteiger partial charge in [0.25, 0.3) is 0 Å². The number of amides is 1. The normalized spacial score (nSPS) is 21.1. The van der Waals surface area contributed by atoms with Crippen LogP contribution in [0.5, 0.6) is 5.75 Å². The van der Waals surface area contributed by atoms with Gasteiger partial charge in [0.05, 0.1) is 12.5 Å². The molecule has 40 heavy (non-hydrogen) atoms. The van der Waals surface area contributed by atoms with Crippen LogP contribution in [0.2, 0.25) is 0 Å². The molecule has 6 nitrogen and oxygen atoms in total. The minimum atomic E-state index is -0.100. The zero-order valence-electron chi connectivity index (χ0n) is 23.8. The van der Waals surface area contributed by atoms with E-state index in [-0.39, 0.29) is 11.8 Å². The second kappa shape index (κ2) is 12.3. The lowest BCUT2D eigenvalue weighted by Crippen LogP contribution is -2.50. The standard InChI is InChI=1S/C34H42N4O2/c1-27-9-7-18-35(27)19-8-24-40-30-16-14-29(15-17-30)36-20-22-37(23-21-36)34(39)32-26-38(25-28-10-3-2-4-11-28)33-13-6-5-12-31(32)33/h2-6,10-17,27,32H,7-9,18-26H2,1H3. The van der Waals surface area contributed by atoms with Crippen molar-refractivity contribution in [3.63, 3.8) is 0 Å². The maximum Gasteiger partial charge on any atom is 0.232 e. The van der Waals surface area contributed by atoms with Crippen LogP contribution in [0.4, 0.5) is 11.4 Å². The van der Waals surface area contributed by atoms with E-state index in [0.717, 1.165) is 76.2 Å². The summed E-state index contributed by atoms with van der Waals surface area (Å²) in [6.45, 7) is 10.2. The molecule has 2 fully saturated rings. The number of benzene rings is 3. The maximum absolute atomic E-state index is 13.7. The van der Waals surface area contributed by atoms with Crippen LogP contribution < -0.4 is 14.5 Å². The van der Waals surface area contributed by atoms with Gasteiger partial charge >= 0.3 is 0 Å². The average Bonchev–Trinajstić information content (AvgIpc) is 3.59. The zero-order valence-corrected chi connectivity index (χ0v) is 23.8. The van der Waals surface area contributed by atoms with Gasteiger partial charge in [-0.25, -0.2) is 0 Å². The highest BCUT2D eigenvalue weighted by Gasteiger charge is 2.36. The molecule has 0 aromatic heterocycles. The van der Waals surface area contributed by atoms with E-state index in [2.05, 4.69) is 99.3 Å². The van der Waals surface area contributed by atoms with Gasteiger partial charge < -0.3 is 24.3 Å². The molecular formula is C34H42N4O2. The molecule has 0 radical (unpaired) electrons. The van der Waals surface area contributed by atoms with Gasteiger partial charge in [0.15, 0.2) is 0 Å². The largest absolute Gasteiger partial charge is 0.494 e. The summed E-state index contributed by atoms with van der Waals surface area (Å²) >= 11 is 0. The molecule has 6 heteroatoms. The number of anilines is 2.